The lowest BCUT2D eigenvalue weighted by Crippen LogP contribution is -2.26. The van der Waals surface area contributed by atoms with Gasteiger partial charge in [-0.3, -0.25) is 0 Å². The second-order valence-electron chi connectivity index (χ2n) is 4.27. The summed E-state index contributed by atoms with van der Waals surface area (Å²) in [6.07, 6.45) is -0.437. The highest BCUT2D eigenvalue weighted by atomic mass is 79.9. The second kappa shape index (κ2) is 7.13. The summed E-state index contributed by atoms with van der Waals surface area (Å²) < 4.78 is 10.1. The van der Waals surface area contributed by atoms with Crippen LogP contribution in [-0.2, 0) is 10.1 Å². The Morgan fingerprint density at radius 3 is 2.33 bits per heavy atom. The number of methoxy groups -OCH3 is 2. The molecule has 0 aliphatic carbocycles. The predicted octanol–water partition coefficient (Wildman–Crippen LogP) is 4.49. The van der Waals surface area contributed by atoms with Crippen molar-refractivity contribution in [2.45, 2.75) is 5.33 Å². The molecule has 110 valence electrons. The molecule has 4 nitrogen and oxygen atoms in total. The van der Waals surface area contributed by atoms with Crippen molar-refractivity contribution in [1.82, 2.24) is 0 Å². The van der Waals surface area contributed by atoms with Crippen LogP contribution in [0.4, 0.5) is 16.2 Å². The van der Waals surface area contributed by atoms with Crippen LogP contribution in [0.15, 0.2) is 48.5 Å². The summed E-state index contributed by atoms with van der Waals surface area (Å²) in [4.78, 5) is 13.7. The van der Waals surface area contributed by atoms with E-state index >= 15 is 0 Å². The molecule has 0 aromatic heterocycles. The maximum absolute atomic E-state index is 12.2. The molecular weight excluding hydrogens is 334 g/mol. The number of alkyl halides is 1. The van der Waals surface area contributed by atoms with E-state index in [2.05, 4.69) is 15.9 Å². The van der Waals surface area contributed by atoms with E-state index in [4.69, 9.17) is 9.47 Å². The van der Waals surface area contributed by atoms with Crippen LogP contribution in [-0.4, -0.2) is 20.3 Å². The number of carbonyl (C=O) groups excluding carboxylic acids is 1. The number of amides is 1. The van der Waals surface area contributed by atoms with Crippen molar-refractivity contribution in [2.75, 3.05) is 19.1 Å². The van der Waals surface area contributed by atoms with Crippen molar-refractivity contribution in [3.63, 3.8) is 0 Å². The normalized spacial score (nSPS) is 10.0. The average molecular weight is 350 g/mol. The highest BCUT2D eigenvalue weighted by Crippen LogP contribution is 2.31. The Kier molecular flexibility index (Phi) is 5.22. The average Bonchev–Trinajstić information content (AvgIpc) is 2.56. The molecule has 2 aromatic carbocycles. The topological polar surface area (TPSA) is 38.8 Å². The third kappa shape index (κ3) is 3.36. The van der Waals surface area contributed by atoms with Gasteiger partial charge in [0, 0.05) is 5.33 Å². The molecular formula is C16H16BrNO3. The lowest BCUT2D eigenvalue weighted by atomic mass is 10.1. The molecule has 0 spiro atoms. The highest BCUT2D eigenvalue weighted by Gasteiger charge is 2.20. The SMILES string of the molecule is COC(=O)N(c1ccc(OC)cc1)c1ccccc1CBr. The number of para-hydroxylation sites is 1. The van der Waals surface area contributed by atoms with Crippen LogP contribution in [0.25, 0.3) is 0 Å². The first kappa shape index (κ1) is 15.4. The van der Waals surface area contributed by atoms with E-state index in [1.54, 1.807) is 7.11 Å². The number of halogens is 1. The summed E-state index contributed by atoms with van der Waals surface area (Å²) >= 11 is 3.44. The zero-order valence-corrected chi connectivity index (χ0v) is 13.5. The van der Waals surface area contributed by atoms with Crippen LogP contribution in [0, 0.1) is 0 Å². The van der Waals surface area contributed by atoms with Crippen LogP contribution >= 0.6 is 15.9 Å². The van der Waals surface area contributed by atoms with E-state index in [1.807, 2.05) is 48.5 Å². The van der Waals surface area contributed by atoms with E-state index in [9.17, 15) is 4.79 Å². The largest absolute Gasteiger partial charge is 0.497 e. The molecule has 0 saturated heterocycles. The summed E-state index contributed by atoms with van der Waals surface area (Å²) in [5.74, 6) is 0.734. The van der Waals surface area contributed by atoms with Crippen molar-refractivity contribution in [3.8, 4) is 5.75 Å². The molecule has 0 bridgehead atoms. The Bertz CT molecular complexity index is 613. The summed E-state index contributed by atoms with van der Waals surface area (Å²) in [7, 11) is 2.98. The fraction of sp³-hybridized carbons (Fsp3) is 0.188. The van der Waals surface area contributed by atoms with Crippen LogP contribution in [0.3, 0.4) is 0 Å². The fourth-order valence-electron chi connectivity index (χ4n) is 2.01. The summed E-state index contributed by atoms with van der Waals surface area (Å²) in [5.41, 5.74) is 2.50. The third-order valence-corrected chi connectivity index (χ3v) is 3.67. The molecule has 0 aliphatic heterocycles. The van der Waals surface area contributed by atoms with Gasteiger partial charge in [-0.2, -0.15) is 0 Å². The second-order valence-corrected chi connectivity index (χ2v) is 4.83. The Morgan fingerprint density at radius 1 is 1.10 bits per heavy atom. The molecule has 2 aromatic rings. The first-order chi connectivity index (χ1) is 10.2. The van der Waals surface area contributed by atoms with Crippen molar-refractivity contribution in [3.05, 3.63) is 54.1 Å². The fourth-order valence-corrected chi connectivity index (χ4v) is 2.48. The molecule has 21 heavy (non-hydrogen) atoms. The number of nitrogens with zero attached hydrogens (tertiary/aromatic N) is 1. The lowest BCUT2D eigenvalue weighted by Gasteiger charge is -2.23. The first-order valence-corrected chi connectivity index (χ1v) is 7.49. The maximum atomic E-state index is 12.2. The van der Waals surface area contributed by atoms with Gasteiger partial charge in [-0.1, -0.05) is 34.1 Å². The van der Waals surface area contributed by atoms with E-state index in [0.717, 1.165) is 22.7 Å². The van der Waals surface area contributed by atoms with Gasteiger partial charge >= 0.3 is 6.09 Å². The van der Waals surface area contributed by atoms with Gasteiger partial charge in [0.25, 0.3) is 0 Å². The van der Waals surface area contributed by atoms with Gasteiger partial charge in [-0.05, 0) is 35.9 Å². The van der Waals surface area contributed by atoms with Crippen molar-refractivity contribution >= 4 is 33.4 Å². The van der Waals surface area contributed by atoms with Gasteiger partial charge in [0.2, 0.25) is 0 Å². The zero-order valence-electron chi connectivity index (χ0n) is 11.9. The number of hydrogen-bond acceptors (Lipinski definition) is 3. The maximum Gasteiger partial charge on any atom is 0.418 e. The van der Waals surface area contributed by atoms with Gasteiger partial charge < -0.3 is 9.47 Å². The minimum atomic E-state index is -0.437. The van der Waals surface area contributed by atoms with Crippen LogP contribution in [0.1, 0.15) is 5.56 Å². The molecule has 5 heteroatoms. The van der Waals surface area contributed by atoms with Crippen molar-refractivity contribution in [2.24, 2.45) is 0 Å². The van der Waals surface area contributed by atoms with Gasteiger partial charge in [-0.15, -0.1) is 0 Å². The Morgan fingerprint density at radius 2 is 1.76 bits per heavy atom. The number of ether oxygens (including phenoxy) is 2. The molecule has 1 amide bonds. The molecule has 2 rings (SSSR count). The Hall–Kier alpha value is -2.01. The van der Waals surface area contributed by atoms with Gasteiger partial charge in [0.1, 0.15) is 5.75 Å². The number of hydrogen-bond donors (Lipinski definition) is 0. The van der Waals surface area contributed by atoms with Crippen molar-refractivity contribution in [1.29, 1.82) is 0 Å². The molecule has 0 radical (unpaired) electrons. The van der Waals surface area contributed by atoms with Crippen LogP contribution in [0.2, 0.25) is 0 Å². The quantitative estimate of drug-likeness (QED) is 0.763. The molecule has 0 N–H and O–H groups in total. The van der Waals surface area contributed by atoms with Crippen LogP contribution in [0.5, 0.6) is 5.75 Å². The lowest BCUT2D eigenvalue weighted by molar-refractivity contribution is 0.181. The van der Waals surface area contributed by atoms with Gasteiger partial charge in [0.05, 0.1) is 25.6 Å². The number of carbonyl (C=O) groups is 1. The number of benzene rings is 2. The highest BCUT2D eigenvalue weighted by molar-refractivity contribution is 9.08. The number of rotatable bonds is 4. The minimum absolute atomic E-state index is 0.437. The molecule has 0 fully saturated rings. The van der Waals surface area contributed by atoms with E-state index < -0.39 is 6.09 Å². The smallest absolute Gasteiger partial charge is 0.418 e. The molecule has 0 aliphatic rings. The zero-order chi connectivity index (χ0) is 15.2. The van der Waals surface area contributed by atoms with Crippen molar-refractivity contribution < 1.29 is 14.3 Å². The van der Waals surface area contributed by atoms with Gasteiger partial charge in [-0.25, -0.2) is 9.69 Å². The van der Waals surface area contributed by atoms with Gasteiger partial charge in [0.15, 0.2) is 0 Å². The van der Waals surface area contributed by atoms with E-state index in [-0.39, 0.29) is 0 Å². The standard InChI is InChI=1S/C16H16BrNO3/c1-20-14-9-7-13(8-10-14)18(16(19)21-2)15-6-4-3-5-12(15)11-17/h3-10H,11H2,1-2H3. The van der Waals surface area contributed by atoms with Crippen LogP contribution < -0.4 is 9.64 Å². The molecule has 0 heterocycles. The minimum Gasteiger partial charge on any atom is -0.497 e. The first-order valence-electron chi connectivity index (χ1n) is 6.37. The Labute approximate surface area is 132 Å². The predicted molar refractivity (Wildman–Crippen MR) is 86.6 cm³/mol. The molecule has 0 saturated carbocycles. The summed E-state index contributed by atoms with van der Waals surface area (Å²) in [5, 5.41) is 0.646. The summed E-state index contributed by atoms with van der Waals surface area (Å²) in [6, 6.07) is 14.9. The number of anilines is 2. The molecule has 0 unspecified atom stereocenters. The molecule has 0 atom stereocenters. The third-order valence-electron chi connectivity index (χ3n) is 3.06. The monoisotopic (exact) mass is 349 g/mol. The summed E-state index contributed by atoms with van der Waals surface area (Å²) in [6.45, 7) is 0. The van der Waals surface area contributed by atoms with E-state index in [1.165, 1.54) is 12.0 Å². The Balaban J connectivity index is 2.49. The van der Waals surface area contributed by atoms with E-state index in [0.29, 0.717) is 5.33 Å².